The molecule has 0 amide bonds. The number of hydrogen-bond acceptors (Lipinski definition) is 2. The van der Waals surface area contributed by atoms with Crippen LogP contribution in [0.5, 0.6) is 0 Å². The Bertz CT molecular complexity index is 336. The molecule has 2 nitrogen and oxygen atoms in total. The Morgan fingerprint density at radius 2 is 2.18 bits per heavy atom. The number of fused-ring (bicyclic) bond motifs is 1. The average molecular weight is 165 g/mol. The third kappa shape index (κ3) is 1.14. The van der Waals surface area contributed by atoms with Gasteiger partial charge in [0.15, 0.2) is 5.58 Å². The second-order valence-corrected chi connectivity index (χ2v) is 3.16. The van der Waals surface area contributed by atoms with E-state index in [1.165, 1.54) is 0 Å². The zero-order valence-electron chi connectivity index (χ0n) is 6.16. The van der Waals surface area contributed by atoms with E-state index in [2.05, 4.69) is 11.6 Å². The molecule has 0 spiro atoms. The molecule has 0 N–H and O–H groups in total. The molecule has 2 aromatic rings. The van der Waals surface area contributed by atoms with Crippen molar-refractivity contribution in [3.8, 4) is 0 Å². The predicted molar refractivity (Wildman–Crippen MR) is 47.9 cm³/mol. The van der Waals surface area contributed by atoms with Crippen LogP contribution in [-0.4, -0.2) is 11.6 Å². The van der Waals surface area contributed by atoms with Gasteiger partial charge in [0.25, 0.3) is 0 Å². The van der Waals surface area contributed by atoms with Gasteiger partial charge in [-0.1, -0.05) is 12.1 Å². The normalized spacial score (nSPS) is 11.7. The highest BCUT2D eigenvalue weighted by Crippen LogP contribution is 2.13. The van der Waals surface area contributed by atoms with Crippen LogP contribution in [0.1, 0.15) is 0 Å². The quantitative estimate of drug-likeness (QED) is 0.602. The fourth-order valence-corrected chi connectivity index (χ4v) is 1.42. The largest absolute Gasteiger partial charge is 0.437 e. The van der Waals surface area contributed by atoms with Gasteiger partial charge >= 0.3 is 0 Å². The molecule has 0 aliphatic heterocycles. The van der Waals surface area contributed by atoms with Gasteiger partial charge in [-0.05, 0) is 27.4 Å². The van der Waals surface area contributed by atoms with E-state index in [0.29, 0.717) is 8.58 Å². The molecule has 11 heavy (non-hydrogen) atoms. The van der Waals surface area contributed by atoms with Crippen LogP contribution in [0, 0.1) is 0 Å². The van der Waals surface area contributed by atoms with Crippen LogP contribution in [0.4, 0.5) is 0 Å². The summed E-state index contributed by atoms with van der Waals surface area (Å²) in [6.07, 6.45) is 0. The van der Waals surface area contributed by atoms with Crippen molar-refractivity contribution in [2.24, 2.45) is 0 Å². The van der Waals surface area contributed by atoms with Crippen LogP contribution in [0.25, 0.3) is 11.1 Å². The number of nitrogens with zero attached hydrogens (tertiary/aromatic N) is 1. The number of para-hydroxylation sites is 2. The fourth-order valence-electron chi connectivity index (χ4n) is 0.979. The SMILES string of the molecule is CPc1nc2ccccc2o1. The zero-order chi connectivity index (χ0) is 7.68. The van der Waals surface area contributed by atoms with Crippen molar-refractivity contribution in [3.05, 3.63) is 24.3 Å². The minimum atomic E-state index is 0.636. The molecule has 1 heterocycles. The van der Waals surface area contributed by atoms with Crippen LogP contribution >= 0.6 is 8.58 Å². The lowest BCUT2D eigenvalue weighted by Crippen LogP contribution is -1.89. The number of hydrogen-bond donors (Lipinski definition) is 0. The van der Waals surface area contributed by atoms with Crippen LogP contribution < -0.4 is 5.63 Å². The van der Waals surface area contributed by atoms with Gasteiger partial charge in [-0.15, -0.1) is 0 Å². The Morgan fingerprint density at radius 3 is 2.91 bits per heavy atom. The first-order valence-electron chi connectivity index (χ1n) is 3.43. The minimum absolute atomic E-state index is 0.636. The zero-order valence-corrected chi connectivity index (χ0v) is 7.16. The van der Waals surface area contributed by atoms with Gasteiger partial charge in [-0.25, -0.2) is 4.98 Å². The lowest BCUT2D eigenvalue weighted by Gasteiger charge is -1.80. The van der Waals surface area contributed by atoms with Crippen LogP contribution in [0.2, 0.25) is 0 Å². The molecule has 1 unspecified atom stereocenters. The highest BCUT2D eigenvalue weighted by atomic mass is 31.1. The summed E-state index contributed by atoms with van der Waals surface area (Å²) in [5, 5.41) is 0. The van der Waals surface area contributed by atoms with E-state index < -0.39 is 0 Å². The molecule has 0 fully saturated rings. The summed E-state index contributed by atoms with van der Waals surface area (Å²) in [4.78, 5) is 4.28. The molecule has 0 saturated carbocycles. The fraction of sp³-hybridized carbons (Fsp3) is 0.125. The molecule has 1 aromatic heterocycles. The molecule has 0 radical (unpaired) electrons. The monoisotopic (exact) mass is 165 g/mol. The smallest absolute Gasteiger partial charge is 0.213 e. The Labute approximate surface area is 66.4 Å². The predicted octanol–water partition coefficient (Wildman–Crippen LogP) is 1.76. The standard InChI is InChI=1S/C8H8NOP/c1-11-8-9-6-4-2-3-5-7(6)10-8/h2-5,11H,1H3. The third-order valence-corrected chi connectivity index (χ3v) is 2.15. The van der Waals surface area contributed by atoms with E-state index in [9.17, 15) is 0 Å². The van der Waals surface area contributed by atoms with Crippen molar-refractivity contribution in [2.45, 2.75) is 0 Å². The number of rotatable bonds is 1. The molecule has 1 atom stereocenters. The molecule has 0 saturated heterocycles. The summed E-state index contributed by atoms with van der Waals surface area (Å²) in [5.41, 5.74) is 2.68. The van der Waals surface area contributed by atoms with Gasteiger partial charge in [0, 0.05) is 0 Å². The van der Waals surface area contributed by atoms with E-state index >= 15 is 0 Å². The maximum atomic E-state index is 5.42. The molecule has 0 aliphatic rings. The molecule has 1 aromatic carbocycles. The van der Waals surface area contributed by atoms with Crippen molar-refractivity contribution in [1.82, 2.24) is 4.98 Å². The lowest BCUT2D eigenvalue weighted by atomic mass is 10.3. The Kier molecular flexibility index (Phi) is 1.63. The second kappa shape index (κ2) is 2.63. The molecule has 3 heteroatoms. The molecule has 0 bridgehead atoms. The van der Waals surface area contributed by atoms with E-state index in [1.807, 2.05) is 24.3 Å². The number of benzene rings is 1. The van der Waals surface area contributed by atoms with Crippen molar-refractivity contribution < 1.29 is 4.42 Å². The minimum Gasteiger partial charge on any atom is -0.437 e. The molecular weight excluding hydrogens is 157 g/mol. The van der Waals surface area contributed by atoms with Gasteiger partial charge in [-0.3, -0.25) is 0 Å². The first kappa shape index (κ1) is 6.81. The lowest BCUT2D eigenvalue weighted by molar-refractivity contribution is 0.646. The highest BCUT2D eigenvalue weighted by molar-refractivity contribution is 7.45. The van der Waals surface area contributed by atoms with E-state index in [-0.39, 0.29) is 0 Å². The summed E-state index contributed by atoms with van der Waals surface area (Å²) in [7, 11) is 0.636. The maximum absolute atomic E-state index is 5.42. The van der Waals surface area contributed by atoms with Crippen molar-refractivity contribution in [3.63, 3.8) is 0 Å². The first-order chi connectivity index (χ1) is 5.40. The summed E-state index contributed by atoms with van der Waals surface area (Å²) < 4.78 is 5.42. The van der Waals surface area contributed by atoms with Crippen LogP contribution in [0.3, 0.4) is 0 Å². The molecule has 2 rings (SSSR count). The van der Waals surface area contributed by atoms with E-state index in [1.54, 1.807) is 0 Å². The van der Waals surface area contributed by atoms with E-state index in [4.69, 9.17) is 4.42 Å². The van der Waals surface area contributed by atoms with Gasteiger partial charge in [0.1, 0.15) is 5.52 Å². The summed E-state index contributed by atoms with van der Waals surface area (Å²) in [6, 6.07) is 7.82. The van der Waals surface area contributed by atoms with Crippen molar-refractivity contribution in [2.75, 3.05) is 6.66 Å². The van der Waals surface area contributed by atoms with Gasteiger partial charge in [-0.2, -0.15) is 0 Å². The van der Waals surface area contributed by atoms with E-state index in [0.717, 1.165) is 16.7 Å². The van der Waals surface area contributed by atoms with Crippen LogP contribution in [-0.2, 0) is 0 Å². The topological polar surface area (TPSA) is 26.0 Å². The molecular formula is C8H8NOP. The number of aromatic nitrogens is 1. The van der Waals surface area contributed by atoms with Gasteiger partial charge in [0.05, 0.1) is 0 Å². The summed E-state index contributed by atoms with van der Waals surface area (Å²) >= 11 is 0. The van der Waals surface area contributed by atoms with Gasteiger partial charge < -0.3 is 4.42 Å². The Morgan fingerprint density at radius 1 is 1.36 bits per heavy atom. The van der Waals surface area contributed by atoms with Crippen molar-refractivity contribution in [1.29, 1.82) is 0 Å². The molecule has 56 valence electrons. The highest BCUT2D eigenvalue weighted by Gasteiger charge is 2.00. The summed E-state index contributed by atoms with van der Waals surface area (Å²) in [6.45, 7) is 2.06. The Balaban J connectivity index is 2.69. The summed E-state index contributed by atoms with van der Waals surface area (Å²) in [5.74, 6) is 0. The molecule has 0 aliphatic carbocycles. The number of oxazole rings is 1. The second-order valence-electron chi connectivity index (χ2n) is 2.24. The Hall–Kier alpha value is -0.880. The average Bonchev–Trinajstić information content (AvgIpc) is 2.46. The van der Waals surface area contributed by atoms with Crippen LogP contribution in [0.15, 0.2) is 28.7 Å². The maximum Gasteiger partial charge on any atom is 0.213 e. The van der Waals surface area contributed by atoms with Crippen molar-refractivity contribution >= 4 is 25.3 Å². The first-order valence-corrected chi connectivity index (χ1v) is 4.93. The third-order valence-electron chi connectivity index (χ3n) is 1.51. The van der Waals surface area contributed by atoms with Gasteiger partial charge in [0.2, 0.25) is 5.63 Å².